The fourth-order valence-electron chi connectivity index (χ4n) is 16.1. The second-order valence-corrected chi connectivity index (χ2v) is 23.2. The van der Waals surface area contributed by atoms with Gasteiger partial charge in [-0.3, -0.25) is 0 Å². The summed E-state index contributed by atoms with van der Waals surface area (Å²) in [7, 11) is 0. The van der Waals surface area contributed by atoms with Crippen LogP contribution in [0.15, 0.2) is 252 Å². The molecule has 0 radical (unpaired) electrons. The van der Waals surface area contributed by atoms with Gasteiger partial charge in [0.05, 0.1) is 0 Å². The van der Waals surface area contributed by atoms with Crippen molar-refractivity contribution in [2.75, 3.05) is 0 Å². The molecule has 74 heavy (non-hydrogen) atoms. The second-order valence-electron chi connectivity index (χ2n) is 21.4. The number of halogens is 2. The first-order chi connectivity index (χ1) is 36.5. The SMILES string of the molecule is Brc1ccc(C23OC(c4ccccc4)(c4ccccc42)C2c4cccc5c(-c6ccc(-c7ccc8c9c(cccc79)C7C8C8(c9ccc(Br)cc9)OC7(c7ccccc7)c7ccccc78)cc6)ccc(c45)C23)cc1. The van der Waals surface area contributed by atoms with Crippen molar-refractivity contribution >= 4 is 53.4 Å². The molecule has 4 heterocycles. The number of hydrogen-bond donors (Lipinski definition) is 0. The van der Waals surface area contributed by atoms with Gasteiger partial charge in [0.15, 0.2) is 0 Å². The van der Waals surface area contributed by atoms with Crippen molar-refractivity contribution in [3.63, 3.8) is 0 Å². The molecule has 8 atom stereocenters. The lowest BCUT2D eigenvalue weighted by Crippen LogP contribution is -2.35. The summed E-state index contributed by atoms with van der Waals surface area (Å²) >= 11 is 7.49. The standard InChI is InChI=1S/C70H44Br2O2/c71-47-33-29-45(30-34-47)69-59-23-9-7-21-57(59)67(73-69,43-13-3-1-4-14-43)63-53-19-11-17-51-49(37-39-55(61(51)53)65(63)69)41-25-27-42(28-26-41)50-38-40-56-62-52(50)18-12-20-54(62)64-66(56)70(46-31-35-48(72)36-32-46)60-24-10-8-22-58(60)68(64,74-70)44-15-5-2-6-16-44/h1-40,63-66H. The lowest BCUT2D eigenvalue weighted by atomic mass is 9.60. The molecule has 350 valence electrons. The molecule has 0 saturated carbocycles. The molecule has 2 fully saturated rings. The van der Waals surface area contributed by atoms with Crippen LogP contribution in [0.5, 0.6) is 0 Å². The zero-order valence-electron chi connectivity index (χ0n) is 40.0. The smallest absolute Gasteiger partial charge is 0.128 e. The van der Waals surface area contributed by atoms with Gasteiger partial charge >= 0.3 is 0 Å². The van der Waals surface area contributed by atoms with Gasteiger partial charge in [0.25, 0.3) is 0 Å². The summed E-state index contributed by atoms with van der Waals surface area (Å²) < 4.78 is 17.9. The Morgan fingerprint density at radius 1 is 0.270 bits per heavy atom. The lowest BCUT2D eigenvalue weighted by Gasteiger charge is -2.38. The molecule has 4 aliphatic heterocycles. The predicted molar refractivity (Wildman–Crippen MR) is 303 cm³/mol. The van der Waals surface area contributed by atoms with Crippen LogP contribution in [0.2, 0.25) is 0 Å². The molecule has 11 aromatic rings. The highest BCUT2D eigenvalue weighted by molar-refractivity contribution is 9.10. The Hall–Kier alpha value is -7.18. The van der Waals surface area contributed by atoms with Gasteiger partial charge in [-0.15, -0.1) is 0 Å². The summed E-state index contributed by atoms with van der Waals surface area (Å²) in [6, 6.07) is 90.9. The third kappa shape index (κ3) is 4.96. The molecule has 2 aliphatic carbocycles. The Morgan fingerprint density at radius 3 is 0.932 bits per heavy atom. The van der Waals surface area contributed by atoms with Crippen molar-refractivity contribution in [3.8, 4) is 22.3 Å². The normalized spacial score (nSPS) is 26.6. The first kappa shape index (κ1) is 42.2. The molecule has 0 spiro atoms. The molecular weight excluding hydrogens is 1030 g/mol. The lowest BCUT2D eigenvalue weighted by molar-refractivity contribution is -0.0482. The minimum atomic E-state index is -0.677. The van der Waals surface area contributed by atoms with Crippen molar-refractivity contribution in [1.29, 1.82) is 0 Å². The van der Waals surface area contributed by atoms with Crippen LogP contribution in [-0.4, -0.2) is 0 Å². The number of benzene rings is 11. The minimum Gasteiger partial charge on any atom is -0.348 e. The van der Waals surface area contributed by atoms with Crippen LogP contribution < -0.4 is 0 Å². The number of hydrogen-bond acceptors (Lipinski definition) is 2. The summed E-state index contributed by atoms with van der Waals surface area (Å²) in [5, 5.41) is 5.33. The fourth-order valence-corrected chi connectivity index (χ4v) is 16.6. The Labute approximate surface area is 446 Å². The number of fused-ring (bicyclic) bond motifs is 20. The van der Waals surface area contributed by atoms with Gasteiger partial charge in [0.1, 0.15) is 22.4 Å². The Bertz CT molecular complexity index is 3920. The Kier molecular flexibility index (Phi) is 8.43. The topological polar surface area (TPSA) is 18.5 Å². The van der Waals surface area contributed by atoms with E-state index >= 15 is 0 Å². The van der Waals surface area contributed by atoms with Crippen molar-refractivity contribution in [2.24, 2.45) is 0 Å². The van der Waals surface area contributed by atoms with E-state index in [0.717, 1.165) is 8.95 Å². The van der Waals surface area contributed by atoms with Crippen LogP contribution >= 0.6 is 31.9 Å². The molecule has 2 saturated heterocycles. The molecule has 2 nitrogen and oxygen atoms in total. The van der Waals surface area contributed by atoms with Crippen LogP contribution in [0.1, 0.15) is 90.4 Å². The number of rotatable bonds is 6. The highest BCUT2D eigenvalue weighted by Crippen LogP contribution is 2.79. The van der Waals surface area contributed by atoms with Crippen LogP contribution in [0.25, 0.3) is 43.8 Å². The first-order valence-electron chi connectivity index (χ1n) is 25.9. The second kappa shape index (κ2) is 14.8. The molecule has 17 rings (SSSR count). The van der Waals surface area contributed by atoms with Gasteiger partial charge in [-0.2, -0.15) is 0 Å². The molecule has 4 heteroatoms. The Morgan fingerprint density at radius 2 is 0.581 bits per heavy atom. The molecular formula is C70H44Br2O2. The third-order valence-corrected chi connectivity index (χ3v) is 19.6. The van der Waals surface area contributed by atoms with Gasteiger partial charge < -0.3 is 9.47 Å². The average Bonchev–Trinajstić information content (AvgIpc) is 4.47. The van der Waals surface area contributed by atoms with E-state index in [1.807, 2.05) is 0 Å². The quantitative estimate of drug-likeness (QED) is 0.165. The van der Waals surface area contributed by atoms with E-state index in [2.05, 4.69) is 275 Å². The van der Waals surface area contributed by atoms with Gasteiger partial charge in [-0.1, -0.05) is 250 Å². The van der Waals surface area contributed by atoms with Crippen molar-refractivity contribution in [3.05, 3.63) is 318 Å². The van der Waals surface area contributed by atoms with Crippen LogP contribution in [-0.2, 0) is 31.9 Å². The summed E-state index contributed by atoms with van der Waals surface area (Å²) in [6.07, 6.45) is 0. The number of ether oxygens (including phenoxy) is 2. The molecule has 4 bridgehead atoms. The summed E-state index contributed by atoms with van der Waals surface area (Å²) in [6.45, 7) is 0. The van der Waals surface area contributed by atoms with Crippen molar-refractivity contribution < 1.29 is 9.47 Å². The zero-order chi connectivity index (χ0) is 48.7. The van der Waals surface area contributed by atoms with E-state index in [-0.39, 0.29) is 23.7 Å². The first-order valence-corrected chi connectivity index (χ1v) is 27.5. The van der Waals surface area contributed by atoms with Crippen molar-refractivity contribution in [2.45, 2.75) is 46.1 Å². The summed E-state index contributed by atoms with van der Waals surface area (Å²) in [5.41, 5.74) is 17.6. The molecule has 6 aliphatic rings. The fraction of sp³-hybridized carbons (Fsp3) is 0.114. The van der Waals surface area contributed by atoms with Gasteiger partial charge in [-0.05, 0) is 135 Å². The van der Waals surface area contributed by atoms with E-state index in [4.69, 9.17) is 9.47 Å². The largest absolute Gasteiger partial charge is 0.348 e. The van der Waals surface area contributed by atoms with E-state index in [1.165, 1.54) is 111 Å². The van der Waals surface area contributed by atoms with E-state index in [9.17, 15) is 0 Å². The monoisotopic (exact) mass is 1070 g/mol. The highest BCUT2D eigenvalue weighted by atomic mass is 79.9. The molecule has 8 unspecified atom stereocenters. The third-order valence-electron chi connectivity index (χ3n) is 18.5. The highest BCUT2D eigenvalue weighted by Gasteiger charge is 2.75. The molecule has 0 N–H and O–H groups in total. The zero-order valence-corrected chi connectivity index (χ0v) is 43.1. The maximum atomic E-state index is 7.88. The van der Waals surface area contributed by atoms with E-state index < -0.39 is 22.4 Å². The van der Waals surface area contributed by atoms with Crippen LogP contribution in [0.3, 0.4) is 0 Å². The van der Waals surface area contributed by atoms with E-state index in [1.54, 1.807) is 0 Å². The molecule has 0 amide bonds. The van der Waals surface area contributed by atoms with Crippen LogP contribution in [0.4, 0.5) is 0 Å². The maximum absolute atomic E-state index is 7.88. The van der Waals surface area contributed by atoms with Gasteiger partial charge in [0, 0.05) is 32.6 Å². The maximum Gasteiger partial charge on any atom is 0.128 e. The van der Waals surface area contributed by atoms with Gasteiger partial charge in [0.2, 0.25) is 0 Å². The van der Waals surface area contributed by atoms with Crippen LogP contribution in [0, 0.1) is 0 Å². The van der Waals surface area contributed by atoms with Crippen molar-refractivity contribution in [1.82, 2.24) is 0 Å². The van der Waals surface area contributed by atoms with E-state index in [0.29, 0.717) is 0 Å². The minimum absolute atomic E-state index is 0.0710. The predicted octanol–water partition coefficient (Wildman–Crippen LogP) is 17.7. The molecule has 0 aromatic heterocycles. The summed E-state index contributed by atoms with van der Waals surface area (Å²) in [4.78, 5) is 0. The average molecular weight is 1080 g/mol. The summed E-state index contributed by atoms with van der Waals surface area (Å²) in [5.74, 6) is 0.293. The Balaban J connectivity index is 0.809. The van der Waals surface area contributed by atoms with Gasteiger partial charge in [-0.25, -0.2) is 0 Å². The molecule has 11 aromatic carbocycles.